The van der Waals surface area contributed by atoms with Crippen molar-refractivity contribution in [3.8, 4) is 0 Å². The third kappa shape index (κ3) is 3.85. The van der Waals surface area contributed by atoms with E-state index in [1.807, 2.05) is 32.9 Å². The first kappa shape index (κ1) is 11.1. The van der Waals surface area contributed by atoms with Crippen molar-refractivity contribution in [1.29, 1.82) is 0 Å². The van der Waals surface area contributed by atoms with Crippen molar-refractivity contribution in [3.05, 3.63) is 29.6 Å². The van der Waals surface area contributed by atoms with Gasteiger partial charge in [-0.1, -0.05) is 0 Å². The van der Waals surface area contributed by atoms with Crippen LogP contribution in [0.1, 0.15) is 32.0 Å². The third-order valence-corrected chi connectivity index (χ3v) is 1.76. The molecule has 3 nitrogen and oxygen atoms in total. The summed E-state index contributed by atoms with van der Waals surface area (Å²) >= 11 is 0. The van der Waals surface area contributed by atoms with Gasteiger partial charge in [-0.3, -0.25) is 4.98 Å². The van der Waals surface area contributed by atoms with Gasteiger partial charge in [0.05, 0.1) is 17.9 Å². The molecule has 1 heterocycles. The summed E-state index contributed by atoms with van der Waals surface area (Å²) in [7, 11) is 0. The molecule has 0 aliphatic carbocycles. The lowest BCUT2D eigenvalue weighted by molar-refractivity contribution is -0.0150. The maximum atomic E-state index is 5.65. The van der Waals surface area contributed by atoms with Crippen LogP contribution in [-0.2, 0) is 17.9 Å². The summed E-state index contributed by atoms with van der Waals surface area (Å²) in [5, 5.41) is 0. The maximum Gasteiger partial charge on any atom is 0.0725 e. The van der Waals surface area contributed by atoms with E-state index in [-0.39, 0.29) is 5.60 Å². The van der Waals surface area contributed by atoms with E-state index in [0.29, 0.717) is 13.2 Å². The van der Waals surface area contributed by atoms with Crippen LogP contribution in [0, 0.1) is 0 Å². The second kappa shape index (κ2) is 4.53. The highest BCUT2D eigenvalue weighted by Gasteiger charge is 2.09. The molecule has 1 aromatic heterocycles. The van der Waals surface area contributed by atoms with Crippen LogP contribution >= 0.6 is 0 Å². The predicted octanol–water partition coefficient (Wildman–Crippen LogP) is 1.86. The number of hydrogen-bond donors (Lipinski definition) is 1. The van der Waals surface area contributed by atoms with E-state index < -0.39 is 0 Å². The lowest BCUT2D eigenvalue weighted by atomic mass is 10.2. The molecule has 78 valence electrons. The Morgan fingerprint density at radius 3 is 2.71 bits per heavy atom. The Morgan fingerprint density at radius 1 is 1.43 bits per heavy atom. The summed E-state index contributed by atoms with van der Waals surface area (Å²) in [4.78, 5) is 4.12. The first-order chi connectivity index (χ1) is 6.51. The molecule has 0 atom stereocenters. The molecule has 0 aliphatic heterocycles. The minimum atomic E-state index is -0.105. The Kier molecular flexibility index (Phi) is 3.61. The third-order valence-electron chi connectivity index (χ3n) is 1.76. The van der Waals surface area contributed by atoms with Gasteiger partial charge in [-0.05, 0) is 38.5 Å². The average Bonchev–Trinajstić information content (AvgIpc) is 2.14. The fourth-order valence-corrected chi connectivity index (χ4v) is 1.03. The van der Waals surface area contributed by atoms with E-state index in [2.05, 4.69) is 4.98 Å². The Labute approximate surface area is 85.3 Å². The highest BCUT2D eigenvalue weighted by molar-refractivity contribution is 5.15. The van der Waals surface area contributed by atoms with Crippen molar-refractivity contribution in [2.45, 2.75) is 39.5 Å². The van der Waals surface area contributed by atoms with Crippen LogP contribution in [0.4, 0.5) is 0 Å². The highest BCUT2D eigenvalue weighted by Crippen LogP contribution is 2.11. The van der Waals surface area contributed by atoms with E-state index in [9.17, 15) is 0 Å². The van der Waals surface area contributed by atoms with Gasteiger partial charge in [0, 0.05) is 12.7 Å². The molecule has 0 spiro atoms. The van der Waals surface area contributed by atoms with Crippen molar-refractivity contribution >= 4 is 0 Å². The van der Waals surface area contributed by atoms with Gasteiger partial charge in [-0.2, -0.15) is 0 Å². The zero-order valence-electron chi connectivity index (χ0n) is 9.08. The second-order valence-corrected chi connectivity index (χ2v) is 4.26. The molecule has 0 amide bonds. The van der Waals surface area contributed by atoms with E-state index >= 15 is 0 Å². The number of aromatic nitrogens is 1. The van der Waals surface area contributed by atoms with Crippen LogP contribution in [-0.4, -0.2) is 10.6 Å². The summed E-state index contributed by atoms with van der Waals surface area (Å²) in [6.07, 6.45) is 1.77. The largest absolute Gasteiger partial charge is 0.371 e. The van der Waals surface area contributed by atoms with Gasteiger partial charge in [0.1, 0.15) is 0 Å². The number of rotatable bonds is 3. The number of pyridine rings is 1. The molecular formula is C11H18N2O. The molecule has 0 fully saturated rings. The molecule has 0 saturated heterocycles. The molecule has 0 aliphatic rings. The summed E-state index contributed by atoms with van der Waals surface area (Å²) in [5.41, 5.74) is 7.42. The topological polar surface area (TPSA) is 48.1 Å². The smallest absolute Gasteiger partial charge is 0.0725 e. The van der Waals surface area contributed by atoms with Crippen molar-refractivity contribution in [3.63, 3.8) is 0 Å². The number of nitrogens with two attached hydrogens (primary N) is 1. The minimum Gasteiger partial charge on any atom is -0.371 e. The molecule has 2 N–H and O–H groups in total. The van der Waals surface area contributed by atoms with Gasteiger partial charge in [0.25, 0.3) is 0 Å². The van der Waals surface area contributed by atoms with Gasteiger partial charge in [-0.15, -0.1) is 0 Å². The molecule has 0 aromatic carbocycles. The molecule has 0 saturated carbocycles. The average molecular weight is 194 g/mol. The molecule has 1 rings (SSSR count). The Balaban J connectivity index is 2.59. The Hall–Kier alpha value is -0.930. The van der Waals surface area contributed by atoms with Crippen LogP contribution < -0.4 is 5.73 Å². The minimum absolute atomic E-state index is 0.105. The van der Waals surface area contributed by atoms with Gasteiger partial charge in [0.15, 0.2) is 0 Å². The fraction of sp³-hybridized carbons (Fsp3) is 0.545. The normalized spacial score (nSPS) is 11.7. The first-order valence-corrected chi connectivity index (χ1v) is 4.79. The highest BCUT2D eigenvalue weighted by atomic mass is 16.5. The number of ether oxygens (including phenoxy) is 1. The summed E-state index contributed by atoms with van der Waals surface area (Å²) in [5.74, 6) is 0. The van der Waals surface area contributed by atoms with Crippen LogP contribution in [0.15, 0.2) is 18.3 Å². The molecule has 1 aromatic rings. The van der Waals surface area contributed by atoms with Crippen molar-refractivity contribution in [1.82, 2.24) is 4.98 Å². The van der Waals surface area contributed by atoms with E-state index in [0.717, 1.165) is 11.3 Å². The van der Waals surface area contributed by atoms with Crippen LogP contribution in [0.25, 0.3) is 0 Å². The predicted molar refractivity (Wildman–Crippen MR) is 56.7 cm³/mol. The van der Waals surface area contributed by atoms with Crippen LogP contribution in [0.2, 0.25) is 0 Å². The lowest BCUT2D eigenvalue weighted by Gasteiger charge is -2.19. The van der Waals surface area contributed by atoms with Gasteiger partial charge >= 0.3 is 0 Å². The first-order valence-electron chi connectivity index (χ1n) is 4.79. The maximum absolute atomic E-state index is 5.65. The van der Waals surface area contributed by atoms with Crippen molar-refractivity contribution < 1.29 is 4.74 Å². The molecule has 0 bridgehead atoms. The molecular weight excluding hydrogens is 176 g/mol. The van der Waals surface area contributed by atoms with E-state index in [4.69, 9.17) is 10.5 Å². The van der Waals surface area contributed by atoms with E-state index in [1.165, 1.54) is 0 Å². The number of nitrogens with zero attached hydrogens (tertiary/aromatic N) is 1. The van der Waals surface area contributed by atoms with Gasteiger partial charge < -0.3 is 10.5 Å². The van der Waals surface area contributed by atoms with E-state index in [1.54, 1.807) is 6.20 Å². The molecule has 3 heteroatoms. The Morgan fingerprint density at radius 2 is 2.14 bits per heavy atom. The molecule has 0 unspecified atom stereocenters. The van der Waals surface area contributed by atoms with Crippen molar-refractivity contribution in [2.75, 3.05) is 0 Å². The van der Waals surface area contributed by atoms with Gasteiger partial charge in [0.2, 0.25) is 0 Å². The standard InChI is InChI=1S/C11H18N2O/c1-11(2,3)14-8-9-4-5-13-10(6-9)7-12/h4-6H,7-8,12H2,1-3H3. The summed E-state index contributed by atoms with van der Waals surface area (Å²) < 4.78 is 5.65. The zero-order valence-corrected chi connectivity index (χ0v) is 9.08. The SMILES string of the molecule is CC(C)(C)OCc1ccnc(CN)c1. The molecule has 0 radical (unpaired) electrons. The second-order valence-electron chi connectivity index (χ2n) is 4.26. The zero-order chi connectivity index (χ0) is 10.6. The lowest BCUT2D eigenvalue weighted by Crippen LogP contribution is -2.18. The Bertz CT molecular complexity index is 292. The van der Waals surface area contributed by atoms with Gasteiger partial charge in [-0.25, -0.2) is 0 Å². The van der Waals surface area contributed by atoms with Crippen molar-refractivity contribution in [2.24, 2.45) is 5.73 Å². The number of hydrogen-bond acceptors (Lipinski definition) is 3. The quantitative estimate of drug-likeness (QED) is 0.799. The van der Waals surface area contributed by atoms with Crippen LogP contribution in [0.5, 0.6) is 0 Å². The summed E-state index contributed by atoms with van der Waals surface area (Å²) in [6.45, 7) is 7.20. The molecule has 14 heavy (non-hydrogen) atoms. The fourth-order valence-electron chi connectivity index (χ4n) is 1.03. The van der Waals surface area contributed by atoms with Crippen LogP contribution in [0.3, 0.4) is 0 Å². The monoisotopic (exact) mass is 194 g/mol. The summed E-state index contributed by atoms with van der Waals surface area (Å²) in [6, 6.07) is 3.93.